The van der Waals surface area contributed by atoms with E-state index in [4.69, 9.17) is 11.6 Å². The van der Waals surface area contributed by atoms with Gasteiger partial charge in [-0.25, -0.2) is 4.39 Å². The lowest BCUT2D eigenvalue weighted by Crippen LogP contribution is -2.16. The number of carbonyl (C=O) groups is 1. The molecule has 0 bridgehead atoms. The van der Waals surface area contributed by atoms with Crippen LogP contribution in [0, 0.1) is 5.82 Å². The lowest BCUT2D eigenvalue weighted by Gasteiger charge is -2.11. The number of carbonyl (C=O) groups excluding carboxylic acids is 1. The molecule has 0 aliphatic carbocycles. The fourth-order valence-corrected chi connectivity index (χ4v) is 1.95. The van der Waals surface area contributed by atoms with Crippen LogP contribution in [-0.4, -0.2) is 17.4 Å². The van der Waals surface area contributed by atoms with Gasteiger partial charge in [-0.1, -0.05) is 18.5 Å². The Bertz CT molecular complexity index is 649. The molecule has 1 aromatic carbocycles. The topological polar surface area (TPSA) is 54.0 Å². The average Bonchev–Trinajstić information content (AvgIpc) is 2.49. The SMILES string of the molecule is CCCNc1cnccc1C(=O)Nc1cc(Cl)ccc1F. The molecule has 0 aliphatic heterocycles. The molecule has 1 heterocycles. The van der Waals surface area contributed by atoms with Crippen molar-refractivity contribution in [2.45, 2.75) is 13.3 Å². The number of rotatable bonds is 5. The van der Waals surface area contributed by atoms with Gasteiger partial charge in [0.05, 0.1) is 23.1 Å². The molecule has 4 nitrogen and oxygen atoms in total. The third-order valence-electron chi connectivity index (χ3n) is 2.81. The second-order valence-electron chi connectivity index (χ2n) is 4.43. The van der Waals surface area contributed by atoms with E-state index in [0.29, 0.717) is 16.3 Å². The van der Waals surface area contributed by atoms with E-state index in [9.17, 15) is 9.18 Å². The zero-order chi connectivity index (χ0) is 15.2. The Hall–Kier alpha value is -2.14. The van der Waals surface area contributed by atoms with E-state index in [1.807, 2.05) is 6.92 Å². The molecule has 2 aromatic rings. The highest BCUT2D eigenvalue weighted by Gasteiger charge is 2.13. The van der Waals surface area contributed by atoms with E-state index >= 15 is 0 Å². The minimum absolute atomic E-state index is 0.0470. The zero-order valence-electron chi connectivity index (χ0n) is 11.5. The molecule has 0 fully saturated rings. The van der Waals surface area contributed by atoms with Crippen molar-refractivity contribution in [3.05, 3.63) is 53.1 Å². The molecule has 6 heteroatoms. The van der Waals surface area contributed by atoms with Crippen LogP contribution < -0.4 is 10.6 Å². The molecule has 0 spiro atoms. The van der Waals surface area contributed by atoms with Crippen molar-refractivity contribution in [1.82, 2.24) is 4.98 Å². The summed E-state index contributed by atoms with van der Waals surface area (Å²) in [5, 5.41) is 5.98. The predicted octanol–water partition coefficient (Wildman–Crippen LogP) is 3.95. The van der Waals surface area contributed by atoms with E-state index in [1.165, 1.54) is 24.4 Å². The fraction of sp³-hybridized carbons (Fsp3) is 0.200. The standard InChI is InChI=1S/C15H15ClFN3O/c1-2-6-19-14-9-18-7-5-11(14)15(21)20-13-8-10(16)3-4-12(13)17/h3-5,7-9,19H,2,6H2,1H3,(H,20,21). The van der Waals surface area contributed by atoms with E-state index in [1.54, 1.807) is 12.3 Å². The Kier molecular flexibility index (Phi) is 5.11. The van der Waals surface area contributed by atoms with Crippen LogP contribution in [0.25, 0.3) is 0 Å². The number of nitrogens with zero attached hydrogens (tertiary/aromatic N) is 1. The summed E-state index contributed by atoms with van der Waals surface area (Å²) in [5.41, 5.74) is 1.06. The van der Waals surface area contributed by atoms with Crippen LogP contribution in [0.4, 0.5) is 15.8 Å². The number of aromatic nitrogens is 1. The Morgan fingerprint density at radius 1 is 1.33 bits per heavy atom. The van der Waals surface area contributed by atoms with Gasteiger partial charge < -0.3 is 10.6 Å². The average molecular weight is 308 g/mol. The van der Waals surface area contributed by atoms with Crippen LogP contribution in [-0.2, 0) is 0 Å². The van der Waals surface area contributed by atoms with Crippen molar-refractivity contribution in [1.29, 1.82) is 0 Å². The molecule has 2 N–H and O–H groups in total. The van der Waals surface area contributed by atoms with Crippen LogP contribution in [0.3, 0.4) is 0 Å². The van der Waals surface area contributed by atoms with Crippen molar-refractivity contribution in [3.63, 3.8) is 0 Å². The molecule has 21 heavy (non-hydrogen) atoms. The largest absolute Gasteiger partial charge is 0.383 e. The molecular formula is C15H15ClFN3O. The van der Waals surface area contributed by atoms with Gasteiger partial charge in [0.2, 0.25) is 0 Å². The summed E-state index contributed by atoms with van der Waals surface area (Å²) < 4.78 is 13.6. The summed E-state index contributed by atoms with van der Waals surface area (Å²) in [4.78, 5) is 16.3. The van der Waals surface area contributed by atoms with Crippen LogP contribution in [0.5, 0.6) is 0 Å². The fourth-order valence-electron chi connectivity index (χ4n) is 1.78. The van der Waals surface area contributed by atoms with Gasteiger partial charge in [-0.05, 0) is 30.7 Å². The number of halogens is 2. The number of nitrogens with one attached hydrogen (secondary N) is 2. The van der Waals surface area contributed by atoms with Crippen molar-refractivity contribution in [2.24, 2.45) is 0 Å². The monoisotopic (exact) mass is 307 g/mol. The molecule has 0 unspecified atom stereocenters. The van der Waals surface area contributed by atoms with Crippen LogP contribution >= 0.6 is 11.6 Å². The van der Waals surface area contributed by atoms with Gasteiger partial charge in [0, 0.05) is 17.8 Å². The number of anilines is 2. The van der Waals surface area contributed by atoms with Crippen LogP contribution in [0.2, 0.25) is 5.02 Å². The third kappa shape index (κ3) is 3.92. The molecule has 0 saturated heterocycles. The molecule has 2 rings (SSSR count). The molecule has 110 valence electrons. The summed E-state index contributed by atoms with van der Waals surface area (Å²) in [6.07, 6.45) is 4.00. The maximum Gasteiger partial charge on any atom is 0.257 e. The zero-order valence-corrected chi connectivity index (χ0v) is 12.2. The predicted molar refractivity (Wildman–Crippen MR) is 82.4 cm³/mol. The first-order valence-corrected chi connectivity index (χ1v) is 6.94. The second-order valence-corrected chi connectivity index (χ2v) is 4.86. The first-order chi connectivity index (χ1) is 10.1. The van der Waals surface area contributed by atoms with Gasteiger partial charge in [0.25, 0.3) is 5.91 Å². The minimum atomic E-state index is -0.537. The van der Waals surface area contributed by atoms with Crippen molar-refractivity contribution in [3.8, 4) is 0 Å². The normalized spacial score (nSPS) is 10.2. The molecule has 0 aliphatic rings. The summed E-state index contributed by atoms with van der Waals surface area (Å²) >= 11 is 5.81. The Balaban J connectivity index is 2.22. The Morgan fingerprint density at radius 2 is 2.14 bits per heavy atom. The summed E-state index contributed by atoms with van der Waals surface area (Å²) in [5.74, 6) is -0.956. The van der Waals surface area contributed by atoms with Gasteiger partial charge >= 0.3 is 0 Å². The highest BCUT2D eigenvalue weighted by atomic mass is 35.5. The van der Waals surface area contributed by atoms with Gasteiger partial charge in [-0.3, -0.25) is 9.78 Å². The molecule has 0 saturated carbocycles. The Labute approximate surface area is 127 Å². The third-order valence-corrected chi connectivity index (χ3v) is 3.04. The first-order valence-electron chi connectivity index (χ1n) is 6.56. The maximum absolute atomic E-state index is 13.6. The number of hydrogen-bond acceptors (Lipinski definition) is 3. The van der Waals surface area contributed by atoms with Crippen molar-refractivity contribution >= 4 is 28.9 Å². The molecule has 0 atom stereocenters. The lowest BCUT2D eigenvalue weighted by molar-refractivity contribution is 0.102. The smallest absolute Gasteiger partial charge is 0.257 e. The molecule has 0 radical (unpaired) electrons. The van der Waals surface area contributed by atoms with E-state index in [0.717, 1.165) is 13.0 Å². The van der Waals surface area contributed by atoms with E-state index in [-0.39, 0.29) is 5.69 Å². The highest BCUT2D eigenvalue weighted by Crippen LogP contribution is 2.21. The van der Waals surface area contributed by atoms with Crippen LogP contribution in [0.15, 0.2) is 36.7 Å². The minimum Gasteiger partial charge on any atom is -0.383 e. The van der Waals surface area contributed by atoms with Crippen molar-refractivity contribution in [2.75, 3.05) is 17.2 Å². The lowest BCUT2D eigenvalue weighted by atomic mass is 10.2. The van der Waals surface area contributed by atoms with Crippen molar-refractivity contribution < 1.29 is 9.18 Å². The van der Waals surface area contributed by atoms with Gasteiger partial charge in [0.15, 0.2) is 0 Å². The summed E-state index contributed by atoms with van der Waals surface area (Å²) in [6, 6.07) is 5.58. The number of hydrogen-bond donors (Lipinski definition) is 2. The quantitative estimate of drug-likeness (QED) is 0.879. The molecule has 1 amide bonds. The van der Waals surface area contributed by atoms with Gasteiger partial charge in [-0.2, -0.15) is 0 Å². The summed E-state index contributed by atoms with van der Waals surface area (Å²) in [7, 11) is 0. The molecular weight excluding hydrogens is 293 g/mol. The van der Waals surface area contributed by atoms with Crippen LogP contribution in [0.1, 0.15) is 23.7 Å². The summed E-state index contributed by atoms with van der Waals surface area (Å²) in [6.45, 7) is 2.74. The molecule has 1 aromatic heterocycles. The first kappa shape index (κ1) is 15.3. The number of amides is 1. The van der Waals surface area contributed by atoms with E-state index in [2.05, 4.69) is 15.6 Å². The van der Waals surface area contributed by atoms with Gasteiger partial charge in [0.1, 0.15) is 5.82 Å². The maximum atomic E-state index is 13.6. The highest BCUT2D eigenvalue weighted by molar-refractivity contribution is 6.31. The number of pyridine rings is 1. The number of benzene rings is 1. The Morgan fingerprint density at radius 3 is 2.90 bits per heavy atom. The van der Waals surface area contributed by atoms with Gasteiger partial charge in [-0.15, -0.1) is 0 Å². The second kappa shape index (κ2) is 7.04. The van der Waals surface area contributed by atoms with E-state index < -0.39 is 11.7 Å².